The Labute approximate surface area is 155 Å². The second kappa shape index (κ2) is 5.98. The van der Waals surface area contributed by atoms with Crippen LogP contribution in [0.5, 0.6) is 0 Å². The van der Waals surface area contributed by atoms with Gasteiger partial charge in [0.15, 0.2) is 0 Å². The average molecular weight is 375 g/mol. The van der Waals surface area contributed by atoms with Crippen molar-refractivity contribution in [2.45, 2.75) is 44.8 Å². The molecule has 0 aromatic carbocycles. The van der Waals surface area contributed by atoms with Crippen LogP contribution < -0.4 is 5.73 Å². The molecule has 3 saturated carbocycles. The summed E-state index contributed by atoms with van der Waals surface area (Å²) >= 11 is 0. The van der Waals surface area contributed by atoms with Crippen molar-refractivity contribution in [2.75, 3.05) is 5.73 Å². The van der Waals surface area contributed by atoms with Gasteiger partial charge in [-0.15, -0.1) is 0 Å². The molecule has 3 fully saturated rings. The minimum absolute atomic E-state index is 0.0639. The molecule has 3 aliphatic rings. The van der Waals surface area contributed by atoms with Gasteiger partial charge in [-0.25, -0.2) is 4.98 Å². The van der Waals surface area contributed by atoms with Gasteiger partial charge in [0.25, 0.3) is 0 Å². The molecule has 8 heteroatoms. The summed E-state index contributed by atoms with van der Waals surface area (Å²) < 4.78 is 41.4. The monoisotopic (exact) mass is 375 g/mol. The first kappa shape index (κ1) is 17.8. The first-order valence-electron chi connectivity index (χ1n) is 9.02. The number of anilines is 1. The number of aromatic nitrogens is 3. The summed E-state index contributed by atoms with van der Waals surface area (Å²) in [5.41, 5.74) is 6.21. The Balaban J connectivity index is 1.75. The minimum atomic E-state index is -4.57. The molecule has 2 N–H and O–H groups in total. The standard InChI is InChI=1S/C19H20F3N5/c1-9(2)27-16(17-10-3-11(7-23)13(17)4-10)6-15(26-27)12-5-14(19(20,21)22)18(24)25-8-12/h5-6,8-11,13,17H,3-4H2,1-2H3,(H2,24,25)/t10-,11-,13?,17+/m1/s1. The van der Waals surface area contributed by atoms with Crippen molar-refractivity contribution in [1.82, 2.24) is 14.8 Å². The van der Waals surface area contributed by atoms with Crippen LogP contribution in [0.2, 0.25) is 0 Å². The second-order valence-corrected chi connectivity index (χ2v) is 7.80. The maximum atomic E-state index is 13.2. The number of nitrogens with two attached hydrogens (primary N) is 1. The zero-order valence-electron chi connectivity index (χ0n) is 15.0. The van der Waals surface area contributed by atoms with Crippen LogP contribution in [0.25, 0.3) is 11.3 Å². The van der Waals surface area contributed by atoms with Crippen molar-refractivity contribution < 1.29 is 13.2 Å². The zero-order chi connectivity index (χ0) is 19.5. The Bertz CT molecular complexity index is 924. The van der Waals surface area contributed by atoms with E-state index in [-0.39, 0.29) is 17.9 Å². The van der Waals surface area contributed by atoms with Crippen molar-refractivity contribution in [2.24, 2.45) is 17.8 Å². The highest BCUT2D eigenvalue weighted by Gasteiger charge is 2.54. The fourth-order valence-corrected chi connectivity index (χ4v) is 4.62. The van der Waals surface area contributed by atoms with E-state index < -0.39 is 17.6 Å². The summed E-state index contributed by atoms with van der Waals surface area (Å²) in [5, 5.41) is 13.9. The summed E-state index contributed by atoms with van der Waals surface area (Å²) in [7, 11) is 0. The molecule has 2 heterocycles. The van der Waals surface area contributed by atoms with Gasteiger partial charge in [-0.3, -0.25) is 4.68 Å². The van der Waals surface area contributed by atoms with Crippen molar-refractivity contribution in [3.05, 3.63) is 29.6 Å². The number of hydrogen-bond acceptors (Lipinski definition) is 4. The third kappa shape index (κ3) is 2.76. The normalized spacial score (nSPS) is 26.9. The molecule has 0 saturated heterocycles. The van der Waals surface area contributed by atoms with Crippen LogP contribution in [-0.2, 0) is 6.18 Å². The molecule has 0 radical (unpaired) electrons. The third-order valence-electron chi connectivity index (χ3n) is 5.90. The maximum Gasteiger partial charge on any atom is 0.419 e. The van der Waals surface area contributed by atoms with Crippen molar-refractivity contribution in [1.29, 1.82) is 5.26 Å². The molecule has 142 valence electrons. The van der Waals surface area contributed by atoms with Gasteiger partial charge in [-0.1, -0.05) is 0 Å². The van der Waals surface area contributed by atoms with E-state index in [1.54, 1.807) is 0 Å². The Hall–Kier alpha value is -2.56. The molecule has 1 unspecified atom stereocenters. The Morgan fingerprint density at radius 1 is 1.30 bits per heavy atom. The van der Waals surface area contributed by atoms with Crippen LogP contribution >= 0.6 is 0 Å². The van der Waals surface area contributed by atoms with Crippen LogP contribution in [0.15, 0.2) is 18.3 Å². The number of fused-ring (bicyclic) bond motifs is 1. The number of alkyl halides is 3. The Morgan fingerprint density at radius 3 is 2.63 bits per heavy atom. The lowest BCUT2D eigenvalue weighted by atomic mass is 9.69. The number of nitriles is 1. The highest BCUT2D eigenvalue weighted by Crippen LogP contribution is 2.61. The number of pyridine rings is 1. The SMILES string of the molecule is CC(C)n1nc(-c2cnc(N)c(C(F)(F)F)c2)cc1[C@@H]1C2C[C@H]1C[C@@H]2C#N. The molecule has 5 rings (SSSR count). The van der Waals surface area contributed by atoms with E-state index in [4.69, 9.17) is 5.73 Å². The van der Waals surface area contributed by atoms with E-state index in [1.165, 1.54) is 6.20 Å². The second-order valence-electron chi connectivity index (χ2n) is 7.80. The summed E-state index contributed by atoms with van der Waals surface area (Å²) in [6.07, 6.45) is -1.30. The molecule has 4 atom stereocenters. The van der Waals surface area contributed by atoms with Gasteiger partial charge in [0, 0.05) is 29.4 Å². The summed E-state index contributed by atoms with van der Waals surface area (Å²) in [5.74, 6) is 0.550. The van der Waals surface area contributed by atoms with E-state index in [1.807, 2.05) is 24.6 Å². The number of nitrogens with zero attached hydrogens (tertiary/aromatic N) is 4. The largest absolute Gasteiger partial charge is 0.419 e. The summed E-state index contributed by atoms with van der Waals surface area (Å²) in [6, 6.07) is 5.33. The summed E-state index contributed by atoms with van der Waals surface area (Å²) in [6.45, 7) is 3.98. The van der Waals surface area contributed by atoms with Crippen LogP contribution in [0.3, 0.4) is 0 Å². The van der Waals surface area contributed by atoms with Crippen LogP contribution in [0.4, 0.5) is 19.0 Å². The Morgan fingerprint density at radius 2 is 2.04 bits per heavy atom. The topological polar surface area (TPSA) is 80.5 Å². The third-order valence-corrected chi connectivity index (χ3v) is 5.90. The zero-order valence-corrected chi connectivity index (χ0v) is 15.0. The number of halogens is 3. The molecule has 27 heavy (non-hydrogen) atoms. The van der Waals surface area contributed by atoms with Crippen molar-refractivity contribution >= 4 is 5.82 Å². The molecule has 2 aromatic heterocycles. The number of hydrogen-bond donors (Lipinski definition) is 1. The quantitative estimate of drug-likeness (QED) is 0.863. The van der Waals surface area contributed by atoms with Gasteiger partial charge >= 0.3 is 6.18 Å². The highest BCUT2D eigenvalue weighted by atomic mass is 19.4. The van der Waals surface area contributed by atoms with E-state index in [0.29, 0.717) is 23.1 Å². The number of rotatable bonds is 3. The fraction of sp³-hybridized carbons (Fsp3) is 0.526. The average Bonchev–Trinajstić information content (AvgIpc) is 3.26. The smallest absolute Gasteiger partial charge is 0.383 e. The molecule has 0 aliphatic heterocycles. The van der Waals surface area contributed by atoms with Crippen LogP contribution in [-0.4, -0.2) is 14.8 Å². The molecule has 0 spiro atoms. The van der Waals surface area contributed by atoms with Gasteiger partial charge in [0.1, 0.15) is 5.82 Å². The van der Waals surface area contributed by atoms with Crippen molar-refractivity contribution in [3.8, 4) is 17.3 Å². The van der Waals surface area contributed by atoms with Gasteiger partial charge in [-0.2, -0.15) is 23.5 Å². The van der Waals surface area contributed by atoms with Crippen molar-refractivity contribution in [3.63, 3.8) is 0 Å². The predicted molar refractivity (Wildman–Crippen MR) is 93.3 cm³/mol. The van der Waals surface area contributed by atoms with Gasteiger partial charge < -0.3 is 5.73 Å². The van der Waals surface area contributed by atoms with E-state index in [2.05, 4.69) is 16.2 Å². The van der Waals surface area contributed by atoms with Gasteiger partial charge in [-0.05, 0) is 50.7 Å². The first-order chi connectivity index (χ1) is 12.7. The van der Waals surface area contributed by atoms with Crippen LogP contribution in [0, 0.1) is 29.1 Å². The lowest BCUT2D eigenvalue weighted by Crippen LogP contribution is -2.29. The first-order valence-corrected chi connectivity index (χ1v) is 9.02. The predicted octanol–water partition coefficient (Wildman–Crippen LogP) is 4.39. The molecule has 0 amide bonds. The van der Waals surface area contributed by atoms with E-state index in [9.17, 15) is 18.4 Å². The molecule has 2 bridgehead atoms. The molecule has 3 aliphatic carbocycles. The van der Waals surface area contributed by atoms with Gasteiger partial charge in [0.2, 0.25) is 0 Å². The van der Waals surface area contributed by atoms with Crippen LogP contribution in [0.1, 0.15) is 49.9 Å². The maximum absolute atomic E-state index is 13.2. The molecule has 5 nitrogen and oxygen atoms in total. The minimum Gasteiger partial charge on any atom is -0.383 e. The highest BCUT2D eigenvalue weighted by molar-refractivity contribution is 5.63. The molecular weight excluding hydrogens is 355 g/mol. The fourth-order valence-electron chi connectivity index (χ4n) is 4.62. The van der Waals surface area contributed by atoms with E-state index in [0.717, 1.165) is 24.6 Å². The molecule has 2 aromatic rings. The Kier molecular flexibility index (Phi) is 3.95. The summed E-state index contributed by atoms with van der Waals surface area (Å²) in [4.78, 5) is 3.72. The lowest BCUT2D eigenvalue weighted by Gasteiger charge is -2.36. The molecular formula is C19H20F3N5. The van der Waals surface area contributed by atoms with E-state index >= 15 is 0 Å². The number of nitrogen functional groups attached to an aromatic ring is 1. The lowest BCUT2D eigenvalue weighted by molar-refractivity contribution is -0.137. The van der Waals surface area contributed by atoms with Gasteiger partial charge in [0.05, 0.1) is 23.2 Å².